The number of nitrogens with one attached hydrogen (secondary N) is 1. The third-order valence-electron chi connectivity index (χ3n) is 2.44. The van der Waals surface area contributed by atoms with E-state index in [1.54, 1.807) is 12.3 Å². The monoisotopic (exact) mass is 255 g/mol. The minimum absolute atomic E-state index is 0.770. The van der Waals surface area contributed by atoms with Crippen molar-refractivity contribution >= 4 is 5.57 Å². The number of rotatable bonds is 6. The van der Waals surface area contributed by atoms with Crippen LogP contribution in [0.15, 0.2) is 74.1 Å². The van der Waals surface area contributed by atoms with E-state index in [-0.39, 0.29) is 0 Å². The molecule has 0 aliphatic rings. The van der Waals surface area contributed by atoms with E-state index in [0.29, 0.717) is 0 Å². The zero-order valence-electron chi connectivity index (χ0n) is 12.2. The summed E-state index contributed by atoms with van der Waals surface area (Å²) in [6.07, 6.45) is 8.01. The first-order valence-corrected chi connectivity index (χ1v) is 6.64. The van der Waals surface area contributed by atoms with Crippen molar-refractivity contribution in [3.05, 3.63) is 79.7 Å². The molecule has 19 heavy (non-hydrogen) atoms. The van der Waals surface area contributed by atoms with E-state index in [1.807, 2.05) is 36.4 Å². The average Bonchev–Trinajstić information content (AvgIpc) is 2.48. The molecule has 0 heterocycles. The van der Waals surface area contributed by atoms with Gasteiger partial charge in [0.25, 0.3) is 0 Å². The zero-order valence-corrected chi connectivity index (χ0v) is 12.2. The summed E-state index contributed by atoms with van der Waals surface area (Å²) in [4.78, 5) is 0. The van der Waals surface area contributed by atoms with Crippen molar-refractivity contribution in [1.29, 1.82) is 0 Å². The molecule has 0 fully saturated rings. The van der Waals surface area contributed by atoms with Gasteiger partial charge in [0.1, 0.15) is 0 Å². The highest BCUT2D eigenvalue weighted by Gasteiger charge is 1.91. The Morgan fingerprint density at radius 2 is 1.68 bits per heavy atom. The first-order valence-electron chi connectivity index (χ1n) is 6.64. The highest BCUT2D eigenvalue weighted by molar-refractivity contribution is 5.71. The molecule has 0 saturated heterocycles. The highest BCUT2D eigenvalue weighted by Crippen LogP contribution is 2.12. The lowest BCUT2D eigenvalue weighted by Gasteiger charge is -2.00. The lowest BCUT2D eigenvalue weighted by molar-refractivity contribution is 0.886. The Kier molecular flexibility index (Phi) is 9.91. The summed E-state index contributed by atoms with van der Waals surface area (Å²) < 4.78 is 0. The predicted octanol–water partition coefficient (Wildman–Crippen LogP) is 5.31. The Morgan fingerprint density at radius 1 is 1.11 bits per heavy atom. The summed E-state index contributed by atoms with van der Waals surface area (Å²) in [6, 6.07) is 10.0. The second-order valence-corrected chi connectivity index (χ2v) is 4.10. The van der Waals surface area contributed by atoms with Crippen molar-refractivity contribution in [3.63, 3.8) is 0 Å². The van der Waals surface area contributed by atoms with Crippen molar-refractivity contribution in [2.45, 2.75) is 26.7 Å². The second kappa shape index (κ2) is 11.1. The fourth-order valence-electron chi connectivity index (χ4n) is 1.06. The molecule has 1 nitrogen and oxygen atoms in total. The van der Waals surface area contributed by atoms with Crippen LogP contribution in [0, 0.1) is 0 Å². The molecule has 0 spiro atoms. The molecule has 0 atom stereocenters. The Bertz CT molecular complexity index is 411. The zero-order chi connectivity index (χ0) is 14.5. The quantitative estimate of drug-likeness (QED) is 0.679. The van der Waals surface area contributed by atoms with Crippen LogP contribution in [0.25, 0.3) is 5.57 Å². The Morgan fingerprint density at radius 3 is 2.16 bits per heavy atom. The van der Waals surface area contributed by atoms with E-state index >= 15 is 0 Å². The molecule has 1 N–H and O–H groups in total. The number of hydrogen-bond acceptors (Lipinski definition) is 1. The van der Waals surface area contributed by atoms with E-state index < -0.39 is 0 Å². The van der Waals surface area contributed by atoms with Crippen molar-refractivity contribution in [2.24, 2.45) is 0 Å². The Labute approximate surface area is 118 Å². The largest absolute Gasteiger partial charge is 0.362 e. The number of allylic oxidation sites excluding steroid dienone is 3. The first kappa shape index (κ1) is 17.0. The maximum absolute atomic E-state index is 3.97. The van der Waals surface area contributed by atoms with Gasteiger partial charge in [0, 0.05) is 11.9 Å². The van der Waals surface area contributed by atoms with Gasteiger partial charge in [-0.15, -0.1) is 0 Å². The third kappa shape index (κ3) is 8.67. The molecule has 0 amide bonds. The highest BCUT2D eigenvalue weighted by atomic mass is 14.8. The summed E-state index contributed by atoms with van der Waals surface area (Å²) in [6.45, 7) is 15.7. The summed E-state index contributed by atoms with van der Waals surface area (Å²) in [5.74, 6) is 0. The standard InChI is InChI=1S/C14H15N.C4H10/c1-4-13(3)15-11-10-12(2)14-8-6-5-7-9-14;1-3-4-2/h4-11,15H,1-3H2;3-4H2,1-2H3/b11-10-;. The minimum atomic E-state index is 0.770. The van der Waals surface area contributed by atoms with Crippen molar-refractivity contribution in [1.82, 2.24) is 5.32 Å². The lowest BCUT2D eigenvalue weighted by Crippen LogP contribution is -1.99. The average molecular weight is 255 g/mol. The fraction of sp³-hybridized carbons (Fsp3) is 0.222. The molecule has 1 aromatic carbocycles. The van der Waals surface area contributed by atoms with Gasteiger partial charge in [-0.1, -0.05) is 76.8 Å². The van der Waals surface area contributed by atoms with Gasteiger partial charge in [0.15, 0.2) is 0 Å². The normalized spacial score (nSPS) is 9.37. The summed E-state index contributed by atoms with van der Waals surface area (Å²) in [7, 11) is 0. The molecule has 102 valence electrons. The molecule has 0 aliphatic heterocycles. The second-order valence-electron chi connectivity index (χ2n) is 4.10. The molecular weight excluding hydrogens is 230 g/mol. The van der Waals surface area contributed by atoms with Crippen LogP contribution in [-0.4, -0.2) is 0 Å². The van der Waals surface area contributed by atoms with Gasteiger partial charge < -0.3 is 5.32 Å². The van der Waals surface area contributed by atoms with Crippen molar-refractivity contribution in [2.75, 3.05) is 0 Å². The molecule has 1 aromatic rings. The molecule has 0 saturated carbocycles. The number of unbranched alkanes of at least 4 members (excludes halogenated alkanes) is 1. The fourth-order valence-corrected chi connectivity index (χ4v) is 1.06. The molecule has 0 aromatic heterocycles. The van der Waals surface area contributed by atoms with E-state index in [9.17, 15) is 0 Å². The van der Waals surface area contributed by atoms with Crippen LogP contribution < -0.4 is 5.32 Å². The lowest BCUT2D eigenvalue weighted by atomic mass is 10.1. The third-order valence-corrected chi connectivity index (χ3v) is 2.44. The molecule has 0 bridgehead atoms. The maximum Gasteiger partial charge on any atom is 0.0300 e. The van der Waals surface area contributed by atoms with E-state index in [4.69, 9.17) is 0 Å². The van der Waals surface area contributed by atoms with Gasteiger partial charge in [-0.2, -0.15) is 0 Å². The summed E-state index contributed by atoms with van der Waals surface area (Å²) in [5.41, 5.74) is 2.84. The topological polar surface area (TPSA) is 12.0 Å². The van der Waals surface area contributed by atoms with Crippen LogP contribution in [0.3, 0.4) is 0 Å². The van der Waals surface area contributed by atoms with Crippen molar-refractivity contribution in [3.8, 4) is 0 Å². The van der Waals surface area contributed by atoms with Gasteiger partial charge in [0.05, 0.1) is 0 Å². The van der Waals surface area contributed by atoms with Crippen molar-refractivity contribution < 1.29 is 0 Å². The van der Waals surface area contributed by atoms with E-state index in [0.717, 1.165) is 16.8 Å². The van der Waals surface area contributed by atoms with Crippen LogP contribution >= 0.6 is 0 Å². The molecule has 1 heteroatoms. The van der Waals surface area contributed by atoms with Crippen LogP contribution in [-0.2, 0) is 0 Å². The van der Waals surface area contributed by atoms with Gasteiger partial charge in [0.2, 0.25) is 0 Å². The number of hydrogen-bond donors (Lipinski definition) is 1. The first-order chi connectivity index (χ1) is 9.15. The van der Waals surface area contributed by atoms with Gasteiger partial charge in [-0.25, -0.2) is 0 Å². The smallest absolute Gasteiger partial charge is 0.0300 e. The van der Waals surface area contributed by atoms with E-state index in [2.05, 4.69) is 38.9 Å². The van der Waals surface area contributed by atoms with Crippen LogP contribution in [0.5, 0.6) is 0 Å². The number of benzene rings is 1. The van der Waals surface area contributed by atoms with Crippen LogP contribution in [0.2, 0.25) is 0 Å². The molecule has 1 rings (SSSR count). The minimum Gasteiger partial charge on any atom is -0.362 e. The molecular formula is C18H25N. The van der Waals surface area contributed by atoms with E-state index in [1.165, 1.54) is 12.8 Å². The van der Waals surface area contributed by atoms with Gasteiger partial charge >= 0.3 is 0 Å². The Balaban J connectivity index is 0.000000711. The van der Waals surface area contributed by atoms with Crippen LogP contribution in [0.4, 0.5) is 0 Å². The van der Waals surface area contributed by atoms with Crippen LogP contribution in [0.1, 0.15) is 32.3 Å². The molecule has 0 unspecified atom stereocenters. The summed E-state index contributed by atoms with van der Waals surface area (Å²) in [5, 5.41) is 2.98. The predicted molar refractivity (Wildman–Crippen MR) is 87.7 cm³/mol. The van der Waals surface area contributed by atoms with Gasteiger partial charge in [-0.05, 0) is 23.3 Å². The summed E-state index contributed by atoms with van der Waals surface area (Å²) >= 11 is 0. The molecule has 0 radical (unpaired) electrons. The molecule has 0 aliphatic carbocycles. The SMILES string of the molecule is C=CC(=C)N/C=C\C(=C)c1ccccc1.CCCC. The Hall–Kier alpha value is -2.02. The van der Waals surface area contributed by atoms with Gasteiger partial charge in [-0.3, -0.25) is 0 Å². The maximum atomic E-state index is 3.97.